The fourth-order valence-corrected chi connectivity index (χ4v) is 2.72. The van der Waals surface area contributed by atoms with Crippen LogP contribution in [0.4, 0.5) is 0 Å². The van der Waals surface area contributed by atoms with Gasteiger partial charge in [-0.3, -0.25) is 9.69 Å². The highest BCUT2D eigenvalue weighted by atomic mass is 16.5. The maximum atomic E-state index is 12.4. The smallest absolute Gasteiger partial charge is 0.239 e. The predicted octanol–water partition coefficient (Wildman–Crippen LogP) is -0.0825. The number of hydrogen-bond donors (Lipinski definition) is 1. The van der Waals surface area contributed by atoms with Crippen LogP contribution in [-0.4, -0.2) is 74.2 Å². The summed E-state index contributed by atoms with van der Waals surface area (Å²) >= 11 is 0. The number of carbonyl (C=O) groups is 1. The third kappa shape index (κ3) is 3.22. The van der Waals surface area contributed by atoms with Crippen LogP contribution in [-0.2, 0) is 9.53 Å². The molecule has 0 spiro atoms. The van der Waals surface area contributed by atoms with Crippen LogP contribution < -0.4 is 5.32 Å². The summed E-state index contributed by atoms with van der Waals surface area (Å²) in [6, 6.07) is 0.451. The van der Waals surface area contributed by atoms with Crippen molar-refractivity contribution in [1.29, 1.82) is 0 Å². The van der Waals surface area contributed by atoms with E-state index in [1.807, 2.05) is 11.8 Å². The van der Waals surface area contributed by atoms with Gasteiger partial charge in [0.05, 0.1) is 19.3 Å². The maximum Gasteiger partial charge on any atom is 0.239 e. The van der Waals surface area contributed by atoms with Crippen molar-refractivity contribution in [3.8, 4) is 0 Å². The molecule has 2 saturated heterocycles. The number of ether oxygens (including phenoxy) is 1. The van der Waals surface area contributed by atoms with Crippen LogP contribution in [0.1, 0.15) is 19.8 Å². The molecule has 0 bridgehead atoms. The second-order valence-electron chi connectivity index (χ2n) is 5.28. The van der Waals surface area contributed by atoms with Crippen LogP contribution in [0.2, 0.25) is 0 Å². The Morgan fingerprint density at radius 1 is 1.44 bits per heavy atom. The molecule has 0 aliphatic carbocycles. The van der Waals surface area contributed by atoms with Gasteiger partial charge in [-0.05, 0) is 33.4 Å². The molecule has 5 nitrogen and oxygen atoms in total. The molecule has 0 saturated carbocycles. The Labute approximate surface area is 109 Å². The van der Waals surface area contributed by atoms with E-state index in [0.29, 0.717) is 19.3 Å². The third-order valence-electron chi connectivity index (χ3n) is 4.14. The molecule has 0 aromatic rings. The second kappa shape index (κ2) is 6.50. The lowest BCUT2D eigenvalue weighted by molar-refractivity contribution is -0.140. The van der Waals surface area contributed by atoms with Crippen molar-refractivity contribution in [2.24, 2.45) is 0 Å². The van der Waals surface area contributed by atoms with E-state index in [2.05, 4.69) is 17.3 Å². The van der Waals surface area contributed by atoms with E-state index >= 15 is 0 Å². The van der Waals surface area contributed by atoms with E-state index in [9.17, 15) is 4.79 Å². The number of carbonyl (C=O) groups excluding carboxylic acids is 1. The average Bonchev–Trinajstić information content (AvgIpc) is 2.47. The molecular formula is C13H25N3O2. The number of rotatable bonds is 3. The molecule has 0 radical (unpaired) electrons. The molecule has 2 rings (SSSR count). The van der Waals surface area contributed by atoms with E-state index in [4.69, 9.17) is 4.74 Å². The van der Waals surface area contributed by atoms with E-state index in [-0.39, 0.29) is 11.9 Å². The first-order valence-electron chi connectivity index (χ1n) is 6.99. The minimum atomic E-state index is -0.0343. The topological polar surface area (TPSA) is 44.8 Å². The summed E-state index contributed by atoms with van der Waals surface area (Å²) < 4.78 is 5.29. The predicted molar refractivity (Wildman–Crippen MR) is 70.5 cm³/mol. The lowest BCUT2D eigenvalue weighted by Gasteiger charge is -2.38. The zero-order valence-corrected chi connectivity index (χ0v) is 11.5. The Morgan fingerprint density at radius 3 is 2.78 bits per heavy atom. The van der Waals surface area contributed by atoms with Crippen molar-refractivity contribution in [2.75, 3.05) is 46.4 Å². The van der Waals surface area contributed by atoms with Crippen molar-refractivity contribution >= 4 is 5.91 Å². The van der Waals surface area contributed by atoms with Gasteiger partial charge in [-0.2, -0.15) is 0 Å². The van der Waals surface area contributed by atoms with Crippen molar-refractivity contribution in [2.45, 2.75) is 31.8 Å². The zero-order chi connectivity index (χ0) is 13.0. The molecule has 104 valence electrons. The van der Waals surface area contributed by atoms with Crippen molar-refractivity contribution in [3.63, 3.8) is 0 Å². The number of likely N-dealkylation sites (N-methyl/N-ethyl adjacent to an activating group) is 1. The number of nitrogens with one attached hydrogen (secondary N) is 1. The number of piperidine rings is 1. The highest BCUT2D eigenvalue weighted by molar-refractivity contribution is 5.81. The zero-order valence-electron chi connectivity index (χ0n) is 11.5. The summed E-state index contributed by atoms with van der Waals surface area (Å²) in [5, 5.41) is 3.40. The molecule has 2 unspecified atom stereocenters. The minimum absolute atomic E-state index is 0.0343. The van der Waals surface area contributed by atoms with E-state index in [1.54, 1.807) is 0 Å². The Morgan fingerprint density at radius 2 is 2.17 bits per heavy atom. The highest BCUT2D eigenvalue weighted by Crippen LogP contribution is 2.13. The molecule has 18 heavy (non-hydrogen) atoms. The van der Waals surface area contributed by atoms with Gasteiger partial charge in [0, 0.05) is 25.7 Å². The third-order valence-corrected chi connectivity index (χ3v) is 4.14. The Hall–Kier alpha value is -0.650. The summed E-state index contributed by atoms with van der Waals surface area (Å²) in [4.78, 5) is 16.5. The molecule has 2 fully saturated rings. The minimum Gasteiger partial charge on any atom is -0.378 e. The standard InChI is InChI=1S/C13H25N3O2/c1-11(13(17)16-6-8-18-9-7-16)15(2)12-4-3-5-14-10-12/h11-12,14H,3-10H2,1-2H3. The quantitative estimate of drug-likeness (QED) is 0.766. The molecule has 0 aromatic heterocycles. The van der Waals surface area contributed by atoms with Gasteiger partial charge in [0.1, 0.15) is 0 Å². The Kier molecular flexibility index (Phi) is 4.97. The van der Waals surface area contributed by atoms with Gasteiger partial charge in [-0.15, -0.1) is 0 Å². The monoisotopic (exact) mass is 255 g/mol. The van der Waals surface area contributed by atoms with Gasteiger partial charge in [-0.25, -0.2) is 0 Å². The maximum absolute atomic E-state index is 12.4. The number of amides is 1. The van der Waals surface area contributed by atoms with Crippen LogP contribution in [0.25, 0.3) is 0 Å². The highest BCUT2D eigenvalue weighted by Gasteiger charge is 2.29. The van der Waals surface area contributed by atoms with Crippen LogP contribution in [0.5, 0.6) is 0 Å². The lowest BCUT2D eigenvalue weighted by Crippen LogP contribution is -2.54. The molecule has 2 aliphatic rings. The number of morpholine rings is 1. The van der Waals surface area contributed by atoms with Crippen LogP contribution in [0, 0.1) is 0 Å². The van der Waals surface area contributed by atoms with Crippen molar-refractivity contribution in [3.05, 3.63) is 0 Å². The van der Waals surface area contributed by atoms with Crippen LogP contribution >= 0.6 is 0 Å². The van der Waals surface area contributed by atoms with E-state index in [0.717, 1.165) is 26.2 Å². The molecule has 2 heterocycles. The van der Waals surface area contributed by atoms with Gasteiger partial charge in [0.15, 0.2) is 0 Å². The molecule has 1 N–H and O–H groups in total. The normalized spacial score (nSPS) is 27.3. The molecule has 5 heteroatoms. The van der Waals surface area contributed by atoms with E-state index < -0.39 is 0 Å². The first-order chi connectivity index (χ1) is 8.70. The second-order valence-corrected chi connectivity index (χ2v) is 5.28. The van der Waals surface area contributed by atoms with E-state index in [1.165, 1.54) is 12.8 Å². The fourth-order valence-electron chi connectivity index (χ4n) is 2.72. The largest absolute Gasteiger partial charge is 0.378 e. The molecule has 2 atom stereocenters. The lowest BCUT2D eigenvalue weighted by atomic mass is 10.0. The van der Waals surface area contributed by atoms with Gasteiger partial charge in [-0.1, -0.05) is 0 Å². The molecule has 1 amide bonds. The van der Waals surface area contributed by atoms with Gasteiger partial charge < -0.3 is 15.0 Å². The number of hydrogen-bond acceptors (Lipinski definition) is 4. The fraction of sp³-hybridized carbons (Fsp3) is 0.923. The Bertz CT molecular complexity index is 273. The molecular weight excluding hydrogens is 230 g/mol. The van der Waals surface area contributed by atoms with Crippen molar-refractivity contribution < 1.29 is 9.53 Å². The van der Waals surface area contributed by atoms with Gasteiger partial charge in [0.25, 0.3) is 0 Å². The van der Waals surface area contributed by atoms with Gasteiger partial charge >= 0.3 is 0 Å². The average molecular weight is 255 g/mol. The van der Waals surface area contributed by atoms with Crippen LogP contribution in [0.15, 0.2) is 0 Å². The first-order valence-corrected chi connectivity index (χ1v) is 6.99. The molecule has 2 aliphatic heterocycles. The number of nitrogens with zero attached hydrogens (tertiary/aromatic N) is 2. The summed E-state index contributed by atoms with van der Waals surface area (Å²) in [7, 11) is 2.07. The van der Waals surface area contributed by atoms with Crippen LogP contribution in [0.3, 0.4) is 0 Å². The summed E-state index contributed by atoms with van der Waals surface area (Å²) in [5.74, 6) is 0.242. The SMILES string of the molecule is CC(C(=O)N1CCOCC1)N(C)C1CCCNC1. The Balaban J connectivity index is 1.87. The molecule has 0 aromatic carbocycles. The summed E-state index contributed by atoms with van der Waals surface area (Å²) in [5.41, 5.74) is 0. The van der Waals surface area contributed by atoms with Crippen molar-refractivity contribution in [1.82, 2.24) is 15.1 Å². The summed E-state index contributed by atoms with van der Waals surface area (Å²) in [6.07, 6.45) is 2.39. The van der Waals surface area contributed by atoms with Gasteiger partial charge in [0.2, 0.25) is 5.91 Å². The first kappa shape index (κ1) is 13.8. The summed E-state index contributed by atoms with van der Waals surface area (Å²) in [6.45, 7) is 6.94.